The normalized spacial score (nSPS) is 14.5. The number of furan rings is 1. The van der Waals surface area contributed by atoms with E-state index in [1.165, 1.54) is 4.90 Å². The largest absolute Gasteiger partial charge is 0.497 e. The molecule has 1 aromatic heterocycles. The van der Waals surface area contributed by atoms with Crippen LogP contribution in [0.2, 0.25) is 0 Å². The third-order valence-electron chi connectivity index (χ3n) is 5.06. The molecule has 7 heteroatoms. The monoisotopic (exact) mass is 383 g/mol. The first-order chi connectivity index (χ1) is 13.7. The number of hydrogen-bond donors (Lipinski definition) is 1. The lowest BCUT2D eigenvalue weighted by Gasteiger charge is -2.34. The van der Waals surface area contributed by atoms with E-state index in [2.05, 4.69) is 17.0 Å². The molecule has 1 aliphatic heterocycles. The van der Waals surface area contributed by atoms with E-state index in [0.717, 1.165) is 43.4 Å². The molecule has 0 unspecified atom stereocenters. The molecule has 0 atom stereocenters. The Hall–Kier alpha value is -2.98. The van der Waals surface area contributed by atoms with Gasteiger partial charge in [0.15, 0.2) is 6.54 Å². The third-order valence-corrected chi connectivity index (χ3v) is 5.06. The summed E-state index contributed by atoms with van der Waals surface area (Å²) in [5, 5.41) is 8.89. The molecule has 0 aliphatic carbocycles. The fraction of sp³-hybridized carbons (Fsp3) is 0.429. The summed E-state index contributed by atoms with van der Waals surface area (Å²) in [6, 6.07) is 13.9. The maximum absolute atomic E-state index is 12.8. The number of rotatable bonds is 8. The molecule has 148 valence electrons. The number of ether oxygens (including phenoxy) is 1. The molecular formula is C21H27N4O3+. The molecule has 1 saturated heterocycles. The Morgan fingerprint density at radius 3 is 2.82 bits per heavy atom. The number of amides is 1. The zero-order chi connectivity index (χ0) is 19.8. The number of hydrogen-bond acceptors (Lipinski definition) is 5. The van der Waals surface area contributed by atoms with Gasteiger partial charge in [-0.3, -0.25) is 4.79 Å². The van der Waals surface area contributed by atoms with Gasteiger partial charge in [-0.2, -0.15) is 5.26 Å². The zero-order valence-corrected chi connectivity index (χ0v) is 16.3. The van der Waals surface area contributed by atoms with Crippen LogP contribution in [0.25, 0.3) is 0 Å². The van der Waals surface area contributed by atoms with Crippen molar-refractivity contribution < 1.29 is 18.8 Å². The van der Waals surface area contributed by atoms with Gasteiger partial charge in [0.05, 0.1) is 58.6 Å². The van der Waals surface area contributed by atoms with Gasteiger partial charge in [0.25, 0.3) is 5.91 Å². The summed E-state index contributed by atoms with van der Waals surface area (Å²) in [4.78, 5) is 18.1. The van der Waals surface area contributed by atoms with E-state index < -0.39 is 0 Å². The minimum atomic E-state index is 0.0662. The van der Waals surface area contributed by atoms with E-state index in [0.29, 0.717) is 26.1 Å². The number of carbonyl (C=O) groups is 1. The second kappa shape index (κ2) is 9.81. The van der Waals surface area contributed by atoms with Crippen LogP contribution in [0.4, 0.5) is 5.69 Å². The Kier molecular flexibility index (Phi) is 6.93. The van der Waals surface area contributed by atoms with Crippen LogP contribution in [0.5, 0.6) is 5.75 Å². The van der Waals surface area contributed by atoms with Gasteiger partial charge in [-0.1, -0.05) is 6.07 Å². The van der Waals surface area contributed by atoms with Crippen molar-refractivity contribution in [1.82, 2.24) is 4.90 Å². The number of quaternary nitrogens is 1. The molecule has 2 aromatic rings. The molecule has 0 spiro atoms. The maximum atomic E-state index is 12.8. The van der Waals surface area contributed by atoms with Gasteiger partial charge in [0.1, 0.15) is 11.5 Å². The quantitative estimate of drug-likeness (QED) is 0.734. The summed E-state index contributed by atoms with van der Waals surface area (Å²) < 4.78 is 10.7. The predicted molar refractivity (Wildman–Crippen MR) is 105 cm³/mol. The fourth-order valence-corrected chi connectivity index (χ4v) is 3.46. The van der Waals surface area contributed by atoms with Crippen LogP contribution in [-0.2, 0) is 11.3 Å². The molecule has 0 bridgehead atoms. The van der Waals surface area contributed by atoms with E-state index in [-0.39, 0.29) is 5.91 Å². The highest BCUT2D eigenvalue weighted by Gasteiger charge is 2.25. The van der Waals surface area contributed by atoms with Crippen LogP contribution in [0.15, 0.2) is 47.1 Å². The fourth-order valence-electron chi connectivity index (χ4n) is 3.46. The van der Waals surface area contributed by atoms with Crippen LogP contribution in [0.1, 0.15) is 12.2 Å². The lowest BCUT2D eigenvalue weighted by atomic mass is 10.2. The van der Waals surface area contributed by atoms with E-state index in [1.54, 1.807) is 18.3 Å². The molecule has 3 rings (SSSR count). The topological polar surface area (TPSA) is 74.2 Å². The van der Waals surface area contributed by atoms with Crippen molar-refractivity contribution in [2.24, 2.45) is 0 Å². The van der Waals surface area contributed by atoms with Crippen molar-refractivity contribution in [3.05, 3.63) is 48.4 Å². The molecule has 1 N–H and O–H groups in total. The Morgan fingerprint density at radius 1 is 1.32 bits per heavy atom. The van der Waals surface area contributed by atoms with E-state index in [9.17, 15) is 4.79 Å². The average Bonchev–Trinajstić information content (AvgIpc) is 3.25. The number of nitrogens with zero attached hydrogens (tertiary/aromatic N) is 3. The van der Waals surface area contributed by atoms with Gasteiger partial charge in [0.2, 0.25) is 0 Å². The van der Waals surface area contributed by atoms with Crippen LogP contribution < -0.4 is 14.5 Å². The average molecular weight is 383 g/mol. The summed E-state index contributed by atoms with van der Waals surface area (Å²) in [6.07, 6.45) is 1.93. The summed E-state index contributed by atoms with van der Waals surface area (Å²) in [7, 11) is 1.67. The van der Waals surface area contributed by atoms with Gasteiger partial charge >= 0.3 is 0 Å². The molecule has 1 fully saturated rings. The lowest BCUT2D eigenvalue weighted by Crippen LogP contribution is -3.15. The number of nitriles is 1. The Morgan fingerprint density at radius 2 is 2.14 bits per heavy atom. The van der Waals surface area contributed by atoms with Crippen LogP contribution in [0.3, 0.4) is 0 Å². The molecule has 0 saturated carbocycles. The second-order valence-corrected chi connectivity index (χ2v) is 6.92. The number of anilines is 1. The summed E-state index contributed by atoms with van der Waals surface area (Å²) in [6.45, 7) is 4.87. The zero-order valence-electron chi connectivity index (χ0n) is 16.3. The summed E-state index contributed by atoms with van der Waals surface area (Å²) in [5.41, 5.74) is 1.15. The molecule has 2 heterocycles. The highest BCUT2D eigenvalue weighted by Crippen LogP contribution is 2.20. The van der Waals surface area contributed by atoms with Crippen LogP contribution in [-0.4, -0.2) is 57.2 Å². The van der Waals surface area contributed by atoms with Crippen molar-refractivity contribution in [3.63, 3.8) is 0 Å². The van der Waals surface area contributed by atoms with Crippen molar-refractivity contribution in [2.45, 2.75) is 13.0 Å². The minimum absolute atomic E-state index is 0.0662. The molecule has 1 aromatic carbocycles. The molecule has 1 amide bonds. The van der Waals surface area contributed by atoms with E-state index in [1.807, 2.05) is 30.3 Å². The smallest absolute Gasteiger partial charge is 0.278 e. The standard InChI is InChI=1S/C21H26N4O3/c1-27-19-6-2-5-18(15-19)24-12-10-23(11-13-24)17-21(26)25(9-4-8-22)16-20-7-3-14-28-20/h2-3,5-7,14-15H,4,9-13,16-17H2,1H3/p+1. The number of benzene rings is 1. The van der Waals surface area contributed by atoms with Crippen molar-refractivity contribution in [2.75, 3.05) is 51.3 Å². The third kappa shape index (κ3) is 5.27. The highest BCUT2D eigenvalue weighted by molar-refractivity contribution is 5.77. The molecular weight excluding hydrogens is 356 g/mol. The lowest BCUT2D eigenvalue weighted by molar-refractivity contribution is -0.892. The first kappa shape index (κ1) is 19.8. The minimum Gasteiger partial charge on any atom is -0.497 e. The number of carbonyl (C=O) groups excluding carboxylic acids is 1. The number of methoxy groups -OCH3 is 1. The second-order valence-electron chi connectivity index (χ2n) is 6.92. The number of piperazine rings is 1. The number of nitrogens with one attached hydrogen (secondary N) is 1. The van der Waals surface area contributed by atoms with Crippen LogP contribution >= 0.6 is 0 Å². The van der Waals surface area contributed by atoms with Crippen LogP contribution in [0, 0.1) is 11.3 Å². The van der Waals surface area contributed by atoms with Gasteiger partial charge in [-0.15, -0.1) is 0 Å². The van der Waals surface area contributed by atoms with Crippen molar-refractivity contribution in [1.29, 1.82) is 5.26 Å². The first-order valence-electron chi connectivity index (χ1n) is 9.59. The van der Waals surface area contributed by atoms with Gasteiger partial charge < -0.3 is 23.9 Å². The molecule has 1 aliphatic rings. The Bertz CT molecular complexity index is 792. The van der Waals surface area contributed by atoms with Gasteiger partial charge in [-0.05, 0) is 24.3 Å². The van der Waals surface area contributed by atoms with E-state index in [4.69, 9.17) is 14.4 Å². The molecule has 0 radical (unpaired) electrons. The predicted octanol–water partition coefficient (Wildman–Crippen LogP) is 0.936. The Balaban J connectivity index is 1.53. The molecule has 28 heavy (non-hydrogen) atoms. The molecule has 7 nitrogen and oxygen atoms in total. The van der Waals surface area contributed by atoms with Crippen molar-refractivity contribution >= 4 is 11.6 Å². The summed E-state index contributed by atoms with van der Waals surface area (Å²) in [5.74, 6) is 1.66. The first-order valence-corrected chi connectivity index (χ1v) is 9.59. The van der Waals surface area contributed by atoms with Crippen molar-refractivity contribution in [3.8, 4) is 11.8 Å². The van der Waals surface area contributed by atoms with E-state index >= 15 is 0 Å². The Labute approximate surface area is 165 Å². The van der Waals surface area contributed by atoms with Gasteiger partial charge in [-0.25, -0.2) is 0 Å². The summed E-state index contributed by atoms with van der Waals surface area (Å²) >= 11 is 0. The van der Waals surface area contributed by atoms with Gasteiger partial charge in [0, 0.05) is 18.3 Å². The highest BCUT2D eigenvalue weighted by atomic mass is 16.5. The maximum Gasteiger partial charge on any atom is 0.278 e. The SMILES string of the molecule is COc1cccc(N2CC[NH+](CC(=O)N(CCC#N)Cc3ccco3)CC2)c1.